The van der Waals surface area contributed by atoms with Crippen molar-refractivity contribution < 1.29 is 9.59 Å². The maximum absolute atomic E-state index is 12.5. The summed E-state index contributed by atoms with van der Waals surface area (Å²) in [4.78, 5) is 26.7. The summed E-state index contributed by atoms with van der Waals surface area (Å²) in [7, 11) is 0. The summed E-state index contributed by atoms with van der Waals surface area (Å²) in [5, 5.41) is 2.98. The molecular weight excluding hydrogens is 360 g/mol. The molecule has 2 rings (SSSR count). The Morgan fingerprint density at radius 1 is 0.931 bits per heavy atom. The lowest BCUT2D eigenvalue weighted by atomic mass is 9.92. The second-order valence-corrected chi connectivity index (χ2v) is 8.22. The highest BCUT2D eigenvalue weighted by atomic mass is 16.2. The minimum Gasteiger partial charge on any atom is -0.354 e. The van der Waals surface area contributed by atoms with Gasteiger partial charge in [-0.2, -0.15) is 0 Å². The van der Waals surface area contributed by atoms with Crippen LogP contribution >= 0.6 is 0 Å². The summed E-state index contributed by atoms with van der Waals surface area (Å²) in [6.07, 6.45) is 0.354. The van der Waals surface area contributed by atoms with E-state index in [0.717, 1.165) is 27.9 Å². The van der Waals surface area contributed by atoms with Crippen molar-refractivity contribution in [2.24, 2.45) is 0 Å². The number of hydrogen-bond acceptors (Lipinski definition) is 2. The maximum atomic E-state index is 12.5. The highest BCUT2D eigenvalue weighted by Crippen LogP contribution is 2.35. The number of carbonyl (C=O) groups excluding carboxylic acids is 2. The van der Waals surface area contributed by atoms with Crippen molar-refractivity contribution in [2.75, 3.05) is 18.0 Å². The first-order valence-corrected chi connectivity index (χ1v) is 10.4. The number of carbonyl (C=O) groups is 2. The van der Waals surface area contributed by atoms with E-state index in [0.29, 0.717) is 31.3 Å². The van der Waals surface area contributed by atoms with Gasteiger partial charge < -0.3 is 10.2 Å². The van der Waals surface area contributed by atoms with E-state index in [1.165, 1.54) is 0 Å². The molecule has 4 nitrogen and oxygen atoms in total. The van der Waals surface area contributed by atoms with Gasteiger partial charge in [-0.05, 0) is 41.0 Å². The van der Waals surface area contributed by atoms with Gasteiger partial charge in [-0.25, -0.2) is 0 Å². The minimum absolute atomic E-state index is 0.00634. The van der Waals surface area contributed by atoms with Crippen LogP contribution in [0.25, 0.3) is 0 Å². The van der Waals surface area contributed by atoms with Gasteiger partial charge in [0.1, 0.15) is 0 Å². The highest BCUT2D eigenvalue weighted by molar-refractivity contribution is 5.93. The zero-order valence-electron chi connectivity index (χ0n) is 18.6. The molecule has 0 saturated carbocycles. The molecule has 0 unspecified atom stereocenters. The molecule has 29 heavy (non-hydrogen) atoms. The van der Waals surface area contributed by atoms with Crippen molar-refractivity contribution in [3.63, 3.8) is 0 Å². The molecule has 0 aliphatic rings. The van der Waals surface area contributed by atoms with Crippen LogP contribution in [0.1, 0.15) is 68.7 Å². The van der Waals surface area contributed by atoms with Crippen molar-refractivity contribution in [3.8, 4) is 0 Å². The van der Waals surface area contributed by atoms with Gasteiger partial charge in [0.15, 0.2) is 0 Å². The van der Waals surface area contributed by atoms with Crippen molar-refractivity contribution in [2.45, 2.75) is 59.8 Å². The number of hydrogen-bond donors (Lipinski definition) is 1. The van der Waals surface area contributed by atoms with Crippen LogP contribution in [0.4, 0.5) is 5.69 Å². The predicted molar refractivity (Wildman–Crippen MR) is 121 cm³/mol. The molecule has 0 radical (unpaired) electrons. The molecular formula is C25H34N2O2. The monoisotopic (exact) mass is 394 g/mol. The van der Waals surface area contributed by atoms with Gasteiger partial charge in [0.25, 0.3) is 0 Å². The largest absolute Gasteiger partial charge is 0.354 e. The average Bonchev–Trinajstić information content (AvgIpc) is 2.66. The van der Waals surface area contributed by atoms with Gasteiger partial charge in [-0.1, -0.05) is 70.2 Å². The van der Waals surface area contributed by atoms with E-state index in [9.17, 15) is 9.59 Å². The Bertz CT molecular complexity index is 829. The summed E-state index contributed by atoms with van der Waals surface area (Å²) in [5.74, 6) is 0.583. The van der Waals surface area contributed by atoms with Gasteiger partial charge >= 0.3 is 0 Å². The molecule has 0 saturated heterocycles. The van der Waals surface area contributed by atoms with Crippen LogP contribution in [-0.2, 0) is 16.0 Å². The number of rotatable bonds is 8. The maximum Gasteiger partial charge on any atom is 0.224 e. The quantitative estimate of drug-likeness (QED) is 0.688. The molecule has 2 amide bonds. The Hall–Kier alpha value is -2.62. The molecule has 1 N–H and O–H groups in total. The Labute approximate surface area is 175 Å². The number of nitrogens with zero attached hydrogens (tertiary/aromatic N) is 1. The summed E-state index contributed by atoms with van der Waals surface area (Å²) in [6.45, 7) is 13.1. The molecule has 0 aromatic heterocycles. The van der Waals surface area contributed by atoms with E-state index >= 15 is 0 Å². The molecule has 0 bridgehead atoms. The van der Waals surface area contributed by atoms with E-state index in [-0.39, 0.29) is 11.8 Å². The molecule has 156 valence electrons. The van der Waals surface area contributed by atoms with E-state index < -0.39 is 0 Å². The van der Waals surface area contributed by atoms with Crippen molar-refractivity contribution in [3.05, 3.63) is 64.7 Å². The van der Waals surface area contributed by atoms with Crippen LogP contribution in [0.5, 0.6) is 0 Å². The van der Waals surface area contributed by atoms with Gasteiger partial charge in [0, 0.05) is 20.0 Å². The topological polar surface area (TPSA) is 49.4 Å². The molecule has 0 aliphatic carbocycles. The Kier molecular flexibility index (Phi) is 8.00. The van der Waals surface area contributed by atoms with E-state index in [1.54, 1.807) is 6.92 Å². The zero-order chi connectivity index (χ0) is 21.6. The fourth-order valence-corrected chi connectivity index (χ4v) is 3.60. The number of nitrogens with one attached hydrogen (secondary N) is 1. The summed E-state index contributed by atoms with van der Waals surface area (Å²) >= 11 is 0. The third kappa shape index (κ3) is 5.93. The number of para-hydroxylation sites is 1. The molecule has 4 heteroatoms. The highest BCUT2D eigenvalue weighted by Gasteiger charge is 2.22. The van der Waals surface area contributed by atoms with Crippen molar-refractivity contribution in [1.82, 2.24) is 5.32 Å². The first-order chi connectivity index (χ1) is 13.7. The second kappa shape index (κ2) is 10.2. The summed E-state index contributed by atoms with van der Waals surface area (Å²) in [5.41, 5.74) is 5.47. The lowest BCUT2D eigenvalue weighted by Crippen LogP contribution is -2.39. The van der Waals surface area contributed by atoms with E-state index in [2.05, 4.69) is 51.2 Å². The van der Waals surface area contributed by atoms with Crippen LogP contribution in [0, 0.1) is 6.92 Å². The minimum atomic E-state index is -0.0240. The van der Waals surface area contributed by atoms with Crippen LogP contribution in [0.15, 0.2) is 42.5 Å². The Balaban J connectivity index is 2.14. The first-order valence-electron chi connectivity index (χ1n) is 10.4. The summed E-state index contributed by atoms with van der Waals surface area (Å²) < 4.78 is 0. The molecule has 0 atom stereocenters. The van der Waals surface area contributed by atoms with Gasteiger partial charge in [-0.3, -0.25) is 9.59 Å². The number of amides is 2. The summed E-state index contributed by atoms with van der Waals surface area (Å²) in [6, 6.07) is 14.2. The Morgan fingerprint density at radius 3 is 2.03 bits per heavy atom. The smallest absolute Gasteiger partial charge is 0.224 e. The van der Waals surface area contributed by atoms with Crippen LogP contribution in [0.3, 0.4) is 0 Å². The number of benzene rings is 2. The number of anilines is 1. The van der Waals surface area contributed by atoms with Crippen LogP contribution in [0.2, 0.25) is 0 Å². The number of aryl methyl sites for hydroxylation is 1. The zero-order valence-corrected chi connectivity index (χ0v) is 18.6. The fraction of sp³-hybridized carbons (Fsp3) is 0.440. The van der Waals surface area contributed by atoms with Gasteiger partial charge in [-0.15, -0.1) is 0 Å². The van der Waals surface area contributed by atoms with E-state index in [1.807, 2.05) is 36.1 Å². The van der Waals surface area contributed by atoms with Crippen LogP contribution in [-0.4, -0.2) is 24.9 Å². The third-order valence-electron chi connectivity index (χ3n) is 5.26. The van der Waals surface area contributed by atoms with Crippen molar-refractivity contribution in [1.29, 1.82) is 0 Å². The SMILES string of the molecule is CC(=O)N(CCNC(=O)Cc1ccccc1C)c1c(C(C)C)cccc1C(C)C. The molecule has 0 aliphatic heterocycles. The Morgan fingerprint density at radius 2 is 1.52 bits per heavy atom. The van der Waals surface area contributed by atoms with Gasteiger partial charge in [0.05, 0.1) is 12.1 Å². The normalized spacial score (nSPS) is 11.0. The van der Waals surface area contributed by atoms with E-state index in [4.69, 9.17) is 0 Å². The lowest BCUT2D eigenvalue weighted by Gasteiger charge is -2.29. The predicted octanol–water partition coefficient (Wildman–Crippen LogP) is 4.95. The fourth-order valence-electron chi connectivity index (χ4n) is 3.60. The molecule has 2 aromatic rings. The molecule has 0 fully saturated rings. The third-order valence-corrected chi connectivity index (χ3v) is 5.26. The lowest BCUT2D eigenvalue weighted by molar-refractivity contribution is -0.121. The van der Waals surface area contributed by atoms with Crippen molar-refractivity contribution >= 4 is 17.5 Å². The molecule has 2 aromatic carbocycles. The molecule has 0 heterocycles. The standard InChI is InChI=1S/C25H34N2O2/c1-17(2)22-12-9-13-23(18(3)4)25(22)27(20(6)28)15-14-26-24(29)16-21-11-8-7-10-19(21)5/h7-13,17-18H,14-16H2,1-6H3,(H,26,29). The van der Waals surface area contributed by atoms with Gasteiger partial charge in [0.2, 0.25) is 11.8 Å². The molecule has 0 spiro atoms. The van der Waals surface area contributed by atoms with Crippen LogP contribution < -0.4 is 10.2 Å². The second-order valence-electron chi connectivity index (χ2n) is 8.22. The average molecular weight is 395 g/mol. The first kappa shape index (κ1) is 22.7.